The second-order valence-electron chi connectivity index (χ2n) is 4.46. The quantitative estimate of drug-likeness (QED) is 0.824. The van der Waals surface area contributed by atoms with Gasteiger partial charge in [-0.3, -0.25) is 4.79 Å². The van der Waals surface area contributed by atoms with Gasteiger partial charge in [0, 0.05) is 18.7 Å². The zero-order valence-electron chi connectivity index (χ0n) is 11.0. The first kappa shape index (κ1) is 13.1. The van der Waals surface area contributed by atoms with Gasteiger partial charge >= 0.3 is 0 Å². The van der Waals surface area contributed by atoms with E-state index in [4.69, 9.17) is 5.73 Å². The number of hydrogen-bond acceptors (Lipinski definition) is 2. The fourth-order valence-electron chi connectivity index (χ4n) is 1.90. The minimum absolute atomic E-state index is 0.0642. The van der Waals surface area contributed by atoms with Crippen molar-refractivity contribution in [3.05, 3.63) is 54.1 Å². The molecule has 0 bridgehead atoms. The molecule has 0 spiro atoms. The van der Waals surface area contributed by atoms with Crippen molar-refractivity contribution in [3.8, 4) is 11.1 Å². The van der Waals surface area contributed by atoms with Gasteiger partial charge < -0.3 is 11.1 Å². The summed E-state index contributed by atoms with van der Waals surface area (Å²) in [6.45, 7) is 2.40. The third kappa shape index (κ3) is 3.58. The van der Waals surface area contributed by atoms with Gasteiger partial charge in [-0.05, 0) is 34.9 Å². The summed E-state index contributed by atoms with van der Waals surface area (Å²) >= 11 is 0. The van der Waals surface area contributed by atoms with Crippen LogP contribution in [0.2, 0.25) is 0 Å². The topological polar surface area (TPSA) is 55.1 Å². The highest BCUT2D eigenvalue weighted by molar-refractivity contribution is 5.75. The number of hydrogen-bond donors (Lipinski definition) is 2. The molecule has 2 aromatic carbocycles. The fraction of sp³-hybridized carbons (Fsp3) is 0.188. The number of nitrogen functional groups attached to an aromatic ring is 1. The summed E-state index contributed by atoms with van der Waals surface area (Å²) in [5, 5.41) is 2.88. The second-order valence-corrected chi connectivity index (χ2v) is 4.46. The Morgan fingerprint density at radius 1 is 1.11 bits per heavy atom. The average Bonchev–Trinajstić information content (AvgIpc) is 2.45. The molecule has 0 fully saturated rings. The molecule has 0 saturated carbocycles. The molecule has 0 radical (unpaired) electrons. The van der Waals surface area contributed by atoms with Crippen LogP contribution in [0.4, 0.5) is 5.69 Å². The van der Waals surface area contributed by atoms with Crippen molar-refractivity contribution in [2.24, 2.45) is 0 Å². The molecule has 2 aromatic rings. The maximum atomic E-state index is 11.3. The van der Waals surface area contributed by atoms with Gasteiger partial charge in [-0.2, -0.15) is 0 Å². The van der Waals surface area contributed by atoms with Crippen molar-refractivity contribution in [3.63, 3.8) is 0 Å². The van der Waals surface area contributed by atoms with E-state index >= 15 is 0 Å². The summed E-state index contributed by atoms with van der Waals surface area (Å²) in [6, 6.07) is 15.9. The lowest BCUT2D eigenvalue weighted by Gasteiger charge is -2.07. The smallest absolute Gasteiger partial charge is 0.219 e. The van der Waals surface area contributed by atoms with Gasteiger partial charge in [0.15, 0.2) is 0 Å². The second kappa shape index (κ2) is 6.05. The summed E-state index contributed by atoms with van der Waals surface area (Å²) < 4.78 is 0. The molecule has 0 heterocycles. The molecule has 0 aromatic heterocycles. The molecule has 0 saturated heterocycles. The molecular formula is C16H18N2O. The lowest BCUT2D eigenvalue weighted by atomic mass is 10.0. The Bertz CT molecular complexity index is 578. The minimum atomic E-state index is 0.0642. The van der Waals surface area contributed by atoms with Gasteiger partial charge in [0.05, 0.1) is 0 Å². The summed E-state index contributed by atoms with van der Waals surface area (Å²) in [5.74, 6) is 0.0642. The largest absolute Gasteiger partial charge is 0.399 e. The van der Waals surface area contributed by atoms with E-state index in [1.165, 1.54) is 0 Å². The number of nitrogens with two attached hydrogens (primary N) is 1. The first-order valence-electron chi connectivity index (χ1n) is 6.40. The van der Waals surface area contributed by atoms with Crippen LogP contribution in [0.3, 0.4) is 0 Å². The molecule has 0 aliphatic heterocycles. The van der Waals surface area contributed by atoms with E-state index in [-0.39, 0.29) is 5.91 Å². The van der Waals surface area contributed by atoms with E-state index in [0.29, 0.717) is 13.0 Å². The molecule has 19 heavy (non-hydrogen) atoms. The normalized spacial score (nSPS) is 10.2. The molecule has 0 aliphatic carbocycles. The van der Waals surface area contributed by atoms with Gasteiger partial charge in [0.2, 0.25) is 5.91 Å². The predicted molar refractivity (Wildman–Crippen MR) is 78.4 cm³/mol. The van der Waals surface area contributed by atoms with Crippen LogP contribution in [0.5, 0.6) is 0 Å². The van der Waals surface area contributed by atoms with Gasteiger partial charge in [-0.15, -0.1) is 0 Å². The maximum absolute atomic E-state index is 11.3. The molecule has 2 rings (SSSR count). The van der Waals surface area contributed by atoms with Crippen molar-refractivity contribution < 1.29 is 4.79 Å². The zero-order chi connectivity index (χ0) is 13.7. The Morgan fingerprint density at radius 2 is 1.79 bits per heavy atom. The van der Waals surface area contributed by atoms with Crippen LogP contribution in [-0.2, 0) is 11.3 Å². The van der Waals surface area contributed by atoms with E-state index in [9.17, 15) is 4.79 Å². The van der Waals surface area contributed by atoms with Crippen LogP contribution in [-0.4, -0.2) is 5.91 Å². The van der Waals surface area contributed by atoms with Crippen LogP contribution >= 0.6 is 0 Å². The fourth-order valence-corrected chi connectivity index (χ4v) is 1.90. The number of benzene rings is 2. The molecule has 3 N–H and O–H groups in total. The number of rotatable bonds is 4. The molecule has 1 amide bonds. The monoisotopic (exact) mass is 254 g/mol. The van der Waals surface area contributed by atoms with Crippen LogP contribution in [0.15, 0.2) is 48.5 Å². The van der Waals surface area contributed by atoms with Gasteiger partial charge in [-0.1, -0.05) is 37.3 Å². The number of anilines is 1. The highest BCUT2D eigenvalue weighted by Gasteiger charge is 2.01. The highest BCUT2D eigenvalue weighted by atomic mass is 16.1. The summed E-state index contributed by atoms with van der Waals surface area (Å²) in [6.07, 6.45) is 0.509. The Morgan fingerprint density at radius 3 is 2.47 bits per heavy atom. The van der Waals surface area contributed by atoms with E-state index in [1.54, 1.807) is 0 Å². The van der Waals surface area contributed by atoms with Crippen LogP contribution < -0.4 is 11.1 Å². The van der Waals surface area contributed by atoms with E-state index < -0.39 is 0 Å². The third-order valence-corrected chi connectivity index (χ3v) is 2.96. The summed E-state index contributed by atoms with van der Waals surface area (Å²) in [4.78, 5) is 11.3. The molecular weight excluding hydrogens is 236 g/mol. The van der Waals surface area contributed by atoms with Gasteiger partial charge in [-0.25, -0.2) is 0 Å². The average molecular weight is 254 g/mol. The number of carbonyl (C=O) groups excluding carboxylic acids is 1. The molecule has 3 heteroatoms. The van der Waals surface area contributed by atoms with Crippen molar-refractivity contribution >= 4 is 11.6 Å². The molecule has 98 valence electrons. The number of carbonyl (C=O) groups is 1. The van der Waals surface area contributed by atoms with Gasteiger partial charge in [0.1, 0.15) is 0 Å². The Kier molecular flexibility index (Phi) is 4.18. The maximum Gasteiger partial charge on any atom is 0.219 e. The molecule has 0 aliphatic rings. The summed E-state index contributed by atoms with van der Waals surface area (Å²) in [7, 11) is 0. The van der Waals surface area contributed by atoms with Gasteiger partial charge in [0.25, 0.3) is 0 Å². The first-order valence-corrected chi connectivity index (χ1v) is 6.40. The van der Waals surface area contributed by atoms with E-state index in [2.05, 4.69) is 11.4 Å². The third-order valence-electron chi connectivity index (χ3n) is 2.96. The predicted octanol–water partition coefficient (Wildman–Crippen LogP) is 2.96. The van der Waals surface area contributed by atoms with E-state index in [1.807, 2.05) is 49.4 Å². The van der Waals surface area contributed by atoms with Crippen LogP contribution in [0.25, 0.3) is 11.1 Å². The van der Waals surface area contributed by atoms with Crippen molar-refractivity contribution in [2.45, 2.75) is 19.9 Å². The van der Waals surface area contributed by atoms with Crippen LogP contribution in [0, 0.1) is 0 Å². The van der Waals surface area contributed by atoms with Crippen molar-refractivity contribution in [1.82, 2.24) is 5.32 Å². The first-order chi connectivity index (χ1) is 9.19. The highest BCUT2D eigenvalue weighted by Crippen LogP contribution is 2.22. The summed E-state index contributed by atoms with van der Waals surface area (Å²) in [5.41, 5.74) is 9.82. The number of nitrogens with one attached hydrogen (secondary N) is 1. The standard InChI is InChI=1S/C16H18N2O/c1-2-16(19)18-11-12-5-3-6-13(9-12)14-7-4-8-15(17)10-14/h3-10H,2,11,17H2,1H3,(H,18,19). The van der Waals surface area contributed by atoms with Crippen LogP contribution in [0.1, 0.15) is 18.9 Å². The number of amides is 1. The SMILES string of the molecule is CCC(=O)NCc1cccc(-c2cccc(N)c2)c1. The lowest BCUT2D eigenvalue weighted by molar-refractivity contribution is -0.120. The van der Waals surface area contributed by atoms with E-state index in [0.717, 1.165) is 22.4 Å². The molecule has 0 unspecified atom stereocenters. The van der Waals surface area contributed by atoms with Crippen molar-refractivity contribution in [1.29, 1.82) is 0 Å². The zero-order valence-corrected chi connectivity index (χ0v) is 11.0. The molecule has 0 atom stereocenters. The Labute approximate surface area is 113 Å². The van der Waals surface area contributed by atoms with Crippen molar-refractivity contribution in [2.75, 3.05) is 5.73 Å². The Balaban J connectivity index is 2.17. The molecule has 3 nitrogen and oxygen atoms in total. The minimum Gasteiger partial charge on any atom is -0.399 e. The Hall–Kier alpha value is -2.29. The lowest BCUT2D eigenvalue weighted by Crippen LogP contribution is -2.21.